The molecule has 0 aliphatic rings. The van der Waals surface area contributed by atoms with Crippen LogP contribution < -0.4 is 5.32 Å². The highest BCUT2D eigenvalue weighted by Gasteiger charge is 2.31. The summed E-state index contributed by atoms with van der Waals surface area (Å²) in [6.07, 6.45) is 0.109. The third-order valence-electron chi connectivity index (χ3n) is 5.61. The molecule has 33 heavy (non-hydrogen) atoms. The number of halogens is 2. The lowest BCUT2D eigenvalue weighted by Gasteiger charge is -2.32. The molecule has 0 aromatic heterocycles. The van der Waals surface area contributed by atoms with Crippen LogP contribution in [-0.2, 0) is 29.0 Å². The minimum Gasteiger partial charge on any atom is -0.355 e. The van der Waals surface area contributed by atoms with E-state index in [1.165, 1.54) is 12.1 Å². The zero-order valence-electron chi connectivity index (χ0n) is 18.9. The summed E-state index contributed by atoms with van der Waals surface area (Å²) in [6, 6.07) is 20.9. The zero-order valence-corrected chi connectivity index (χ0v) is 19.6. The van der Waals surface area contributed by atoms with Crippen LogP contribution in [0.25, 0.3) is 0 Å². The van der Waals surface area contributed by atoms with Gasteiger partial charge in [0.2, 0.25) is 11.8 Å². The average Bonchev–Trinajstić information content (AvgIpc) is 2.80. The lowest BCUT2D eigenvalue weighted by Crippen LogP contribution is -2.51. The van der Waals surface area contributed by atoms with Gasteiger partial charge in [0.25, 0.3) is 0 Å². The molecule has 3 aromatic rings. The highest BCUT2D eigenvalue weighted by molar-refractivity contribution is 6.31. The number of hydrogen-bond acceptors (Lipinski definition) is 2. The Kier molecular flexibility index (Phi) is 8.61. The van der Waals surface area contributed by atoms with Crippen molar-refractivity contribution < 1.29 is 14.0 Å². The number of nitrogens with zero attached hydrogens (tertiary/aromatic N) is 1. The second-order valence-corrected chi connectivity index (χ2v) is 8.33. The van der Waals surface area contributed by atoms with Crippen LogP contribution in [0, 0.1) is 12.7 Å². The van der Waals surface area contributed by atoms with Gasteiger partial charge < -0.3 is 10.2 Å². The molecule has 0 saturated heterocycles. The molecule has 1 N–H and O–H groups in total. The number of hydrogen-bond donors (Lipinski definition) is 1. The minimum absolute atomic E-state index is 0.133. The normalized spacial score (nSPS) is 11.6. The van der Waals surface area contributed by atoms with Gasteiger partial charge in [-0.2, -0.15) is 0 Å². The molecule has 0 bridgehead atoms. The van der Waals surface area contributed by atoms with Crippen molar-refractivity contribution in [3.8, 4) is 0 Å². The Bertz CT molecular complexity index is 1080. The molecular weight excluding hydrogens is 439 g/mol. The Labute approximate surface area is 199 Å². The molecule has 3 rings (SSSR count). The first-order valence-electron chi connectivity index (χ1n) is 11.0. The van der Waals surface area contributed by atoms with Gasteiger partial charge in [0.1, 0.15) is 11.9 Å². The second kappa shape index (κ2) is 11.6. The smallest absolute Gasteiger partial charge is 0.243 e. The Morgan fingerprint density at radius 1 is 1.00 bits per heavy atom. The van der Waals surface area contributed by atoms with Crippen LogP contribution in [0.3, 0.4) is 0 Å². The Hall–Kier alpha value is -3.18. The van der Waals surface area contributed by atoms with Crippen LogP contribution in [0.4, 0.5) is 4.39 Å². The third kappa shape index (κ3) is 6.42. The van der Waals surface area contributed by atoms with Gasteiger partial charge in [0.15, 0.2) is 0 Å². The number of likely N-dealkylation sites (N-methyl/N-ethyl adjacent to an activating group) is 1. The molecule has 172 valence electrons. The van der Waals surface area contributed by atoms with Gasteiger partial charge in [-0.1, -0.05) is 72.3 Å². The van der Waals surface area contributed by atoms with Crippen LogP contribution in [0.15, 0.2) is 72.8 Å². The lowest BCUT2D eigenvalue weighted by molar-refractivity contribution is -0.140. The van der Waals surface area contributed by atoms with Gasteiger partial charge in [0, 0.05) is 30.1 Å². The van der Waals surface area contributed by atoms with Crippen LogP contribution in [0.5, 0.6) is 0 Å². The summed E-state index contributed by atoms with van der Waals surface area (Å²) in [5.74, 6) is -1.15. The molecule has 0 fully saturated rings. The number of carbonyl (C=O) groups excluding carboxylic acids is 2. The molecule has 0 aliphatic heterocycles. The quantitative estimate of drug-likeness (QED) is 0.476. The van der Waals surface area contributed by atoms with E-state index in [0.29, 0.717) is 13.0 Å². The van der Waals surface area contributed by atoms with E-state index in [1.807, 2.05) is 68.4 Å². The maximum absolute atomic E-state index is 14.5. The lowest BCUT2D eigenvalue weighted by atomic mass is 10.0. The molecule has 0 radical (unpaired) electrons. The summed E-state index contributed by atoms with van der Waals surface area (Å²) in [7, 11) is 0. The first-order chi connectivity index (χ1) is 15.9. The fourth-order valence-corrected chi connectivity index (χ4v) is 4.00. The van der Waals surface area contributed by atoms with Crippen LogP contribution in [0.2, 0.25) is 5.02 Å². The first-order valence-corrected chi connectivity index (χ1v) is 11.4. The van der Waals surface area contributed by atoms with Crippen molar-refractivity contribution in [1.82, 2.24) is 10.2 Å². The summed E-state index contributed by atoms with van der Waals surface area (Å²) in [5.41, 5.74) is 3.00. The van der Waals surface area contributed by atoms with Gasteiger partial charge in [-0.25, -0.2) is 4.39 Å². The van der Waals surface area contributed by atoms with Crippen molar-refractivity contribution in [3.05, 3.63) is 106 Å². The van der Waals surface area contributed by atoms with E-state index >= 15 is 0 Å². The molecule has 4 nitrogen and oxygen atoms in total. The number of benzene rings is 3. The van der Waals surface area contributed by atoms with E-state index in [4.69, 9.17) is 11.6 Å². The summed E-state index contributed by atoms with van der Waals surface area (Å²) < 4.78 is 14.5. The highest BCUT2D eigenvalue weighted by Crippen LogP contribution is 2.23. The molecule has 6 heteroatoms. The number of amides is 2. The zero-order chi connectivity index (χ0) is 23.8. The molecule has 3 aromatic carbocycles. The minimum atomic E-state index is -0.759. The van der Waals surface area contributed by atoms with E-state index < -0.39 is 11.9 Å². The second-order valence-electron chi connectivity index (χ2n) is 7.93. The summed E-state index contributed by atoms with van der Waals surface area (Å²) in [4.78, 5) is 28.3. The molecule has 2 amide bonds. The monoisotopic (exact) mass is 466 g/mol. The fourth-order valence-electron chi connectivity index (χ4n) is 3.77. The maximum atomic E-state index is 14.5. The summed E-state index contributed by atoms with van der Waals surface area (Å²) >= 11 is 6.20. The standard InChI is InChI=1S/C27H28ClFN2O2/c1-3-30-27(33)25(16-20-11-5-4-6-12-20)31(18-21-13-8-7-10-19(21)2)26(32)17-22-23(28)14-9-15-24(22)29/h4-15,25H,3,16-18H2,1-2H3,(H,30,33). The van der Waals surface area contributed by atoms with E-state index in [9.17, 15) is 14.0 Å². The van der Waals surface area contributed by atoms with E-state index in [2.05, 4.69) is 5.32 Å². The van der Waals surface area contributed by atoms with Gasteiger partial charge in [-0.05, 0) is 42.7 Å². The van der Waals surface area contributed by atoms with Gasteiger partial charge >= 0.3 is 0 Å². The SMILES string of the molecule is CCNC(=O)C(Cc1ccccc1)N(Cc1ccccc1C)C(=O)Cc1c(F)cccc1Cl. The van der Waals surface area contributed by atoms with Crippen molar-refractivity contribution >= 4 is 23.4 Å². The predicted molar refractivity (Wildman–Crippen MR) is 129 cm³/mol. The van der Waals surface area contributed by atoms with Crippen LogP contribution in [0.1, 0.15) is 29.2 Å². The van der Waals surface area contributed by atoms with E-state index in [-0.39, 0.29) is 35.4 Å². The molecule has 0 aliphatic carbocycles. The highest BCUT2D eigenvalue weighted by atomic mass is 35.5. The van der Waals surface area contributed by atoms with Crippen molar-refractivity contribution in [2.45, 2.75) is 39.3 Å². The Balaban J connectivity index is 2.01. The summed E-state index contributed by atoms with van der Waals surface area (Å²) in [5, 5.41) is 3.05. The van der Waals surface area contributed by atoms with Gasteiger partial charge in [0.05, 0.1) is 6.42 Å². The Morgan fingerprint density at radius 3 is 2.36 bits per heavy atom. The Morgan fingerprint density at radius 2 is 1.70 bits per heavy atom. The molecule has 0 saturated carbocycles. The van der Waals surface area contributed by atoms with Crippen molar-refractivity contribution in [3.63, 3.8) is 0 Å². The van der Waals surface area contributed by atoms with Crippen molar-refractivity contribution in [2.75, 3.05) is 6.54 Å². The topological polar surface area (TPSA) is 49.4 Å². The third-order valence-corrected chi connectivity index (χ3v) is 5.97. The maximum Gasteiger partial charge on any atom is 0.243 e. The van der Waals surface area contributed by atoms with Crippen LogP contribution >= 0.6 is 11.6 Å². The molecular formula is C27H28ClFN2O2. The molecule has 1 unspecified atom stereocenters. The largest absolute Gasteiger partial charge is 0.355 e. The van der Waals surface area contributed by atoms with E-state index in [0.717, 1.165) is 16.7 Å². The van der Waals surface area contributed by atoms with Gasteiger partial charge in [-0.15, -0.1) is 0 Å². The van der Waals surface area contributed by atoms with Gasteiger partial charge in [-0.3, -0.25) is 9.59 Å². The number of nitrogens with one attached hydrogen (secondary N) is 1. The molecule has 0 spiro atoms. The predicted octanol–water partition coefficient (Wildman–Crippen LogP) is 5.11. The summed E-state index contributed by atoms with van der Waals surface area (Å²) in [6.45, 7) is 4.47. The fraction of sp³-hybridized carbons (Fsp3) is 0.259. The number of rotatable bonds is 9. The number of aryl methyl sites for hydroxylation is 1. The average molecular weight is 467 g/mol. The number of carbonyl (C=O) groups is 2. The van der Waals surface area contributed by atoms with E-state index in [1.54, 1.807) is 11.0 Å². The molecule has 1 atom stereocenters. The van der Waals surface area contributed by atoms with Crippen LogP contribution in [-0.4, -0.2) is 29.3 Å². The first kappa shape index (κ1) is 24.5. The van der Waals surface area contributed by atoms with Crippen molar-refractivity contribution in [2.24, 2.45) is 0 Å². The molecule has 0 heterocycles. The van der Waals surface area contributed by atoms with Crippen molar-refractivity contribution in [1.29, 1.82) is 0 Å².